The molecule has 2 aromatic heterocycles. The zero-order valence-electron chi connectivity index (χ0n) is 18.4. The van der Waals surface area contributed by atoms with E-state index in [2.05, 4.69) is 15.3 Å². The summed E-state index contributed by atoms with van der Waals surface area (Å²) < 4.78 is 51.5. The normalized spacial score (nSPS) is 18.5. The lowest BCUT2D eigenvalue weighted by atomic mass is 10.1. The maximum atomic E-state index is 14.1. The summed E-state index contributed by atoms with van der Waals surface area (Å²) >= 11 is 6.30. The highest BCUT2D eigenvalue weighted by Crippen LogP contribution is 2.31. The molecule has 0 bridgehead atoms. The SMILES string of the molecule is COC(=O)c1cc(-c2nc(NC3CCOCC3F)ncc2Cl)cn1S(=O)(=O)c1ccc(C)cc1. The van der Waals surface area contributed by atoms with Gasteiger partial charge in [-0.05, 0) is 31.5 Å². The number of halogens is 2. The number of aromatic nitrogens is 3. The Balaban J connectivity index is 1.76. The van der Waals surface area contributed by atoms with Gasteiger partial charge in [0.15, 0.2) is 0 Å². The minimum atomic E-state index is -4.13. The summed E-state index contributed by atoms with van der Waals surface area (Å²) in [6.45, 7) is 2.21. The molecule has 2 unspecified atom stereocenters. The number of benzene rings is 1. The molecule has 12 heteroatoms. The number of carbonyl (C=O) groups excluding carboxylic acids is 1. The van der Waals surface area contributed by atoms with Crippen LogP contribution in [0, 0.1) is 6.92 Å². The van der Waals surface area contributed by atoms with Crippen molar-refractivity contribution < 1.29 is 27.1 Å². The zero-order valence-corrected chi connectivity index (χ0v) is 19.9. The van der Waals surface area contributed by atoms with Crippen LogP contribution >= 0.6 is 11.6 Å². The van der Waals surface area contributed by atoms with E-state index >= 15 is 0 Å². The molecule has 4 rings (SSSR count). The van der Waals surface area contributed by atoms with E-state index in [9.17, 15) is 17.6 Å². The van der Waals surface area contributed by atoms with Gasteiger partial charge in [-0.1, -0.05) is 29.3 Å². The fourth-order valence-electron chi connectivity index (χ4n) is 3.52. The molecule has 34 heavy (non-hydrogen) atoms. The summed E-state index contributed by atoms with van der Waals surface area (Å²) in [7, 11) is -2.98. The second-order valence-corrected chi connectivity index (χ2v) is 9.96. The number of nitrogens with one attached hydrogen (secondary N) is 1. The molecule has 0 radical (unpaired) electrons. The van der Waals surface area contributed by atoms with Crippen LogP contribution in [0.5, 0.6) is 0 Å². The molecule has 0 spiro atoms. The van der Waals surface area contributed by atoms with Gasteiger partial charge in [0, 0.05) is 18.4 Å². The van der Waals surface area contributed by atoms with Crippen LogP contribution in [-0.2, 0) is 19.5 Å². The molecule has 1 saturated heterocycles. The molecule has 0 amide bonds. The quantitative estimate of drug-likeness (QED) is 0.504. The minimum absolute atomic E-state index is 0.00458. The van der Waals surface area contributed by atoms with Gasteiger partial charge in [-0.2, -0.15) is 0 Å². The molecule has 3 heterocycles. The van der Waals surface area contributed by atoms with Crippen molar-refractivity contribution in [2.24, 2.45) is 0 Å². The molecule has 0 aliphatic carbocycles. The first-order valence-electron chi connectivity index (χ1n) is 10.3. The van der Waals surface area contributed by atoms with E-state index in [1.54, 1.807) is 12.1 Å². The standard InChI is InChI=1S/C22H22ClFN4O5S/c1-13-3-5-15(6-4-13)34(30,31)28-11-14(9-19(28)21(29)32-2)20-16(23)10-25-22(27-20)26-18-7-8-33-12-17(18)24/h3-6,9-11,17-18H,7-8,12H2,1-2H3,(H,25,26,27). The molecule has 9 nitrogen and oxygen atoms in total. The Labute approximate surface area is 200 Å². The van der Waals surface area contributed by atoms with Crippen LogP contribution in [0.1, 0.15) is 22.5 Å². The van der Waals surface area contributed by atoms with Crippen LogP contribution in [0.4, 0.5) is 10.3 Å². The minimum Gasteiger partial charge on any atom is -0.464 e. The molecule has 1 aromatic carbocycles. The Morgan fingerprint density at radius 2 is 2.06 bits per heavy atom. The van der Waals surface area contributed by atoms with Crippen LogP contribution in [0.25, 0.3) is 11.3 Å². The molecule has 1 N–H and O–H groups in total. The van der Waals surface area contributed by atoms with Crippen LogP contribution in [-0.4, -0.2) is 60.9 Å². The van der Waals surface area contributed by atoms with E-state index in [1.807, 2.05) is 6.92 Å². The zero-order chi connectivity index (χ0) is 24.5. The summed E-state index contributed by atoms with van der Waals surface area (Å²) in [6.07, 6.45) is 1.76. The number of methoxy groups -OCH3 is 1. The van der Waals surface area contributed by atoms with Crippen LogP contribution in [0.2, 0.25) is 5.02 Å². The Morgan fingerprint density at radius 1 is 1.32 bits per heavy atom. The van der Waals surface area contributed by atoms with E-state index in [1.165, 1.54) is 30.6 Å². The highest BCUT2D eigenvalue weighted by molar-refractivity contribution is 7.90. The number of anilines is 1. The maximum absolute atomic E-state index is 14.1. The number of aryl methyl sites for hydroxylation is 1. The van der Waals surface area contributed by atoms with Crippen molar-refractivity contribution in [3.8, 4) is 11.3 Å². The molecule has 1 aliphatic rings. The molecule has 1 aliphatic heterocycles. The van der Waals surface area contributed by atoms with Crippen LogP contribution in [0.3, 0.4) is 0 Å². The van der Waals surface area contributed by atoms with Crippen LogP contribution in [0.15, 0.2) is 47.6 Å². The predicted octanol–water partition coefficient (Wildman–Crippen LogP) is 3.47. The van der Waals surface area contributed by atoms with Gasteiger partial charge in [-0.3, -0.25) is 0 Å². The summed E-state index contributed by atoms with van der Waals surface area (Å²) in [5.74, 6) is -0.740. The van der Waals surface area contributed by atoms with Crippen molar-refractivity contribution in [1.82, 2.24) is 13.9 Å². The van der Waals surface area contributed by atoms with Crippen molar-refractivity contribution in [2.45, 2.75) is 30.5 Å². The third kappa shape index (κ3) is 4.77. The molecular formula is C22H22ClFN4O5S. The first-order valence-corrected chi connectivity index (χ1v) is 12.2. The van der Waals surface area contributed by atoms with Gasteiger partial charge in [0.1, 0.15) is 11.9 Å². The molecule has 3 aromatic rings. The van der Waals surface area contributed by atoms with Crippen molar-refractivity contribution in [3.05, 3.63) is 59.0 Å². The summed E-state index contributed by atoms with van der Waals surface area (Å²) in [5, 5.41) is 3.05. The van der Waals surface area contributed by atoms with Crippen molar-refractivity contribution in [1.29, 1.82) is 0 Å². The molecular weight excluding hydrogens is 487 g/mol. The van der Waals surface area contributed by atoms with Gasteiger partial charge in [-0.25, -0.2) is 31.5 Å². The van der Waals surface area contributed by atoms with Gasteiger partial charge < -0.3 is 14.8 Å². The monoisotopic (exact) mass is 508 g/mol. The first-order chi connectivity index (χ1) is 16.2. The predicted molar refractivity (Wildman–Crippen MR) is 123 cm³/mol. The smallest absolute Gasteiger partial charge is 0.355 e. The maximum Gasteiger partial charge on any atom is 0.355 e. The topological polar surface area (TPSA) is 112 Å². The van der Waals surface area contributed by atoms with Gasteiger partial charge >= 0.3 is 5.97 Å². The number of rotatable bonds is 6. The fraction of sp³-hybridized carbons (Fsp3) is 0.318. The Morgan fingerprint density at radius 3 is 2.74 bits per heavy atom. The molecule has 1 fully saturated rings. The van der Waals surface area contributed by atoms with E-state index < -0.39 is 28.2 Å². The van der Waals surface area contributed by atoms with Gasteiger partial charge in [0.2, 0.25) is 5.95 Å². The average Bonchev–Trinajstić information content (AvgIpc) is 3.28. The van der Waals surface area contributed by atoms with Gasteiger partial charge in [-0.15, -0.1) is 0 Å². The van der Waals surface area contributed by atoms with E-state index in [4.69, 9.17) is 21.1 Å². The Bertz CT molecular complexity index is 1310. The van der Waals surface area contributed by atoms with Gasteiger partial charge in [0.25, 0.3) is 10.0 Å². The number of ether oxygens (including phenoxy) is 2. The fourth-order valence-corrected chi connectivity index (χ4v) is 5.07. The number of alkyl halides is 1. The third-order valence-electron chi connectivity index (χ3n) is 5.38. The van der Waals surface area contributed by atoms with E-state index in [0.29, 0.717) is 13.0 Å². The largest absolute Gasteiger partial charge is 0.464 e. The van der Waals surface area contributed by atoms with E-state index in [-0.39, 0.29) is 39.4 Å². The molecule has 180 valence electrons. The third-order valence-corrected chi connectivity index (χ3v) is 7.34. The van der Waals surface area contributed by atoms with E-state index in [0.717, 1.165) is 16.6 Å². The highest BCUT2D eigenvalue weighted by Gasteiger charge is 2.28. The number of carbonyl (C=O) groups is 1. The summed E-state index contributed by atoms with van der Waals surface area (Å²) in [4.78, 5) is 20.9. The Kier molecular flexibility index (Phi) is 6.87. The van der Waals surface area contributed by atoms with Gasteiger partial charge in [0.05, 0.1) is 41.6 Å². The number of esters is 1. The van der Waals surface area contributed by atoms with Crippen molar-refractivity contribution >= 4 is 33.5 Å². The summed E-state index contributed by atoms with van der Waals surface area (Å²) in [5.41, 5.74) is 1.07. The lowest BCUT2D eigenvalue weighted by Gasteiger charge is -2.26. The average molecular weight is 509 g/mol. The number of hydrogen-bond acceptors (Lipinski definition) is 8. The highest BCUT2D eigenvalue weighted by atomic mass is 35.5. The van der Waals surface area contributed by atoms with Crippen molar-refractivity contribution in [3.63, 3.8) is 0 Å². The molecule has 2 atom stereocenters. The lowest BCUT2D eigenvalue weighted by molar-refractivity contribution is 0.0284. The number of nitrogens with zero attached hydrogens (tertiary/aromatic N) is 3. The molecule has 0 saturated carbocycles. The number of hydrogen-bond donors (Lipinski definition) is 1. The second kappa shape index (κ2) is 9.69. The Hall–Kier alpha value is -3.02. The van der Waals surface area contributed by atoms with Crippen molar-refractivity contribution in [2.75, 3.05) is 25.6 Å². The summed E-state index contributed by atoms with van der Waals surface area (Å²) in [6, 6.07) is 6.99. The lowest BCUT2D eigenvalue weighted by Crippen LogP contribution is -2.39. The van der Waals surface area contributed by atoms with Crippen LogP contribution < -0.4 is 5.32 Å². The first kappa shape index (κ1) is 24.1. The second-order valence-electron chi connectivity index (χ2n) is 7.74.